The lowest BCUT2D eigenvalue weighted by Crippen LogP contribution is -1.97. The zero-order chi connectivity index (χ0) is 9.97. The number of carboxylic acid groups (broad SMARTS) is 1. The molecule has 0 saturated carbocycles. The van der Waals surface area contributed by atoms with Crippen molar-refractivity contribution in [3.05, 3.63) is 34.0 Å². The average molecular weight is 225 g/mol. The van der Waals surface area contributed by atoms with Gasteiger partial charge in [0.2, 0.25) is 0 Å². The molecule has 0 saturated heterocycles. The van der Waals surface area contributed by atoms with Gasteiger partial charge < -0.3 is 10.1 Å². The molecule has 0 aromatic carbocycles. The fraction of sp³-hybridized carbons (Fsp3) is 0. The van der Waals surface area contributed by atoms with Gasteiger partial charge in [-0.2, -0.15) is 0 Å². The summed E-state index contributed by atoms with van der Waals surface area (Å²) in [6.45, 7) is 0. The van der Waals surface area contributed by atoms with Crippen LogP contribution in [0.4, 0.5) is 0 Å². The van der Waals surface area contributed by atoms with Gasteiger partial charge in [0.25, 0.3) is 0 Å². The number of pyridine rings is 1. The lowest BCUT2D eigenvalue weighted by atomic mass is 10.2. The molecular formula is C9H7NO2S2. The van der Waals surface area contributed by atoms with Crippen LogP contribution in [0.2, 0.25) is 0 Å². The summed E-state index contributed by atoms with van der Waals surface area (Å²) in [7, 11) is 0. The topological polar surface area (TPSA) is 53.1 Å². The zero-order valence-corrected chi connectivity index (χ0v) is 8.69. The number of aromatic carboxylic acids is 1. The summed E-state index contributed by atoms with van der Waals surface area (Å²) >= 11 is 3.08. The maximum atomic E-state index is 10.7. The highest BCUT2D eigenvalue weighted by Gasteiger charge is 2.06. The Morgan fingerprint density at radius 2 is 2.29 bits per heavy atom. The van der Waals surface area contributed by atoms with Gasteiger partial charge in [0.1, 0.15) is 0 Å². The first-order valence-corrected chi connectivity index (χ1v) is 5.69. The fourth-order valence-corrected chi connectivity index (χ4v) is 2.59. The Kier molecular flexibility index (Phi) is 2.51. The molecule has 2 heterocycles. The highest BCUT2D eigenvalue weighted by molar-refractivity contribution is 7.16. The number of aromatic amines is 1. The molecule has 0 amide bonds. The molecule has 0 atom stereocenters. The van der Waals surface area contributed by atoms with Crippen molar-refractivity contribution in [3.8, 4) is 10.6 Å². The lowest BCUT2D eigenvalue weighted by molar-refractivity contribution is 0.0696. The van der Waals surface area contributed by atoms with Gasteiger partial charge in [0, 0.05) is 22.3 Å². The summed E-state index contributed by atoms with van der Waals surface area (Å²) in [4.78, 5) is 14.6. The largest absolute Gasteiger partial charge is 0.478 e. The third kappa shape index (κ3) is 1.78. The molecule has 5 heteroatoms. The van der Waals surface area contributed by atoms with Crippen LogP contribution in [0.5, 0.6) is 0 Å². The van der Waals surface area contributed by atoms with Crippen LogP contribution in [0.1, 0.15) is 10.4 Å². The van der Waals surface area contributed by atoms with Crippen LogP contribution in [0.25, 0.3) is 10.6 Å². The molecule has 0 aliphatic carbocycles. The van der Waals surface area contributed by atoms with Gasteiger partial charge in [-0.15, -0.1) is 22.7 Å². The maximum Gasteiger partial charge on any atom is 0.337 e. The van der Waals surface area contributed by atoms with Crippen molar-refractivity contribution >= 4 is 28.6 Å². The number of aromatic nitrogens is 1. The number of fused-ring (bicyclic) bond motifs is 1. The van der Waals surface area contributed by atoms with Gasteiger partial charge in [0.15, 0.2) is 0 Å². The molecule has 3 nitrogen and oxygen atoms in total. The Balaban J connectivity index is 2.66. The number of nitrogens with one attached hydrogen (secondary N) is 1. The van der Waals surface area contributed by atoms with Crippen molar-refractivity contribution in [2.75, 3.05) is 0 Å². The lowest BCUT2D eigenvalue weighted by Gasteiger charge is -2.01. The van der Waals surface area contributed by atoms with Crippen LogP contribution in [0, 0.1) is 0 Å². The van der Waals surface area contributed by atoms with E-state index in [1.54, 1.807) is 17.4 Å². The van der Waals surface area contributed by atoms with Crippen LogP contribution in [0.3, 0.4) is 0 Å². The van der Waals surface area contributed by atoms with Gasteiger partial charge in [-0.05, 0) is 6.07 Å². The van der Waals surface area contributed by atoms with E-state index in [4.69, 9.17) is 5.11 Å². The van der Waals surface area contributed by atoms with Crippen molar-refractivity contribution in [1.29, 1.82) is 0 Å². The van der Waals surface area contributed by atoms with E-state index in [1.165, 1.54) is 17.5 Å². The minimum Gasteiger partial charge on any atom is -0.478 e. The van der Waals surface area contributed by atoms with E-state index in [0.29, 0.717) is 0 Å². The molecule has 0 spiro atoms. The monoisotopic (exact) mass is 225 g/mol. The Morgan fingerprint density at radius 1 is 1.43 bits per heavy atom. The SMILES string of the molecule is O=C(O)c1c[nH]c2csccsc-2c1. The molecular weight excluding hydrogens is 218 g/mol. The number of H-pyrrole nitrogens is 1. The molecule has 0 bridgehead atoms. The zero-order valence-electron chi connectivity index (χ0n) is 7.06. The van der Waals surface area contributed by atoms with Crippen LogP contribution < -0.4 is 0 Å². The minimum absolute atomic E-state index is 0.282. The molecule has 14 heavy (non-hydrogen) atoms. The highest BCUT2D eigenvalue weighted by Crippen LogP contribution is 2.24. The third-order valence-corrected chi connectivity index (χ3v) is 3.40. The van der Waals surface area contributed by atoms with E-state index < -0.39 is 5.97 Å². The van der Waals surface area contributed by atoms with Crippen molar-refractivity contribution < 1.29 is 9.90 Å². The molecule has 0 unspecified atom stereocenters. The quantitative estimate of drug-likeness (QED) is 0.783. The van der Waals surface area contributed by atoms with Crippen molar-refractivity contribution in [2.24, 2.45) is 0 Å². The normalized spacial score (nSPS) is 10.0. The Hall–Kier alpha value is -1.33. The fourth-order valence-electron chi connectivity index (χ4n) is 1.04. The Labute approximate surface area is 88.3 Å². The first-order chi connectivity index (χ1) is 6.77. The maximum absolute atomic E-state index is 10.7. The molecule has 0 fully saturated rings. The van der Waals surface area contributed by atoms with E-state index >= 15 is 0 Å². The van der Waals surface area contributed by atoms with Gasteiger partial charge in [-0.25, -0.2) is 4.79 Å². The molecule has 72 valence electrons. The van der Waals surface area contributed by atoms with Crippen molar-refractivity contribution in [2.45, 2.75) is 0 Å². The molecule has 0 radical (unpaired) electrons. The van der Waals surface area contributed by atoms with E-state index in [9.17, 15) is 4.79 Å². The van der Waals surface area contributed by atoms with Crippen molar-refractivity contribution in [1.82, 2.24) is 4.98 Å². The average Bonchev–Trinajstić information content (AvgIpc) is 2.41. The molecule has 2 aliphatic rings. The summed E-state index contributed by atoms with van der Waals surface area (Å²) in [6.07, 6.45) is 1.50. The predicted octanol–water partition coefficient (Wildman–Crippen LogP) is 3.07. The molecule has 0 aromatic heterocycles. The molecule has 0 aromatic rings. The second-order valence-corrected chi connectivity index (χ2v) is 4.34. The third-order valence-electron chi connectivity index (χ3n) is 1.70. The molecule has 2 N–H and O–H groups in total. The number of rotatable bonds is 1. The second kappa shape index (κ2) is 3.81. The van der Waals surface area contributed by atoms with Gasteiger partial charge in [0.05, 0.1) is 16.1 Å². The summed E-state index contributed by atoms with van der Waals surface area (Å²) in [5.74, 6) is -0.912. The van der Waals surface area contributed by atoms with Gasteiger partial charge in [-0.3, -0.25) is 0 Å². The Bertz CT molecular complexity index is 467. The van der Waals surface area contributed by atoms with Crippen LogP contribution in [0.15, 0.2) is 28.4 Å². The smallest absolute Gasteiger partial charge is 0.337 e. The summed E-state index contributed by atoms with van der Waals surface area (Å²) in [5, 5.41) is 14.6. The first kappa shape index (κ1) is 9.23. The summed E-state index contributed by atoms with van der Waals surface area (Å²) < 4.78 is 0. The van der Waals surface area contributed by atoms with Crippen molar-refractivity contribution in [3.63, 3.8) is 0 Å². The van der Waals surface area contributed by atoms with E-state index in [-0.39, 0.29) is 5.56 Å². The summed E-state index contributed by atoms with van der Waals surface area (Å²) in [5.41, 5.74) is 1.24. The van der Waals surface area contributed by atoms with E-state index in [2.05, 4.69) is 4.98 Å². The van der Waals surface area contributed by atoms with Crippen LogP contribution in [-0.4, -0.2) is 16.1 Å². The van der Waals surface area contributed by atoms with Gasteiger partial charge in [-0.1, -0.05) is 0 Å². The predicted molar refractivity (Wildman–Crippen MR) is 57.8 cm³/mol. The molecule has 2 rings (SSSR count). The first-order valence-electron chi connectivity index (χ1n) is 3.87. The second-order valence-electron chi connectivity index (χ2n) is 2.62. The minimum atomic E-state index is -0.912. The van der Waals surface area contributed by atoms with Crippen LogP contribution >= 0.6 is 22.7 Å². The van der Waals surface area contributed by atoms with E-state index in [0.717, 1.165) is 10.6 Å². The highest BCUT2D eigenvalue weighted by atomic mass is 32.1. The number of carbonyl (C=O) groups is 1. The van der Waals surface area contributed by atoms with Gasteiger partial charge >= 0.3 is 5.97 Å². The van der Waals surface area contributed by atoms with Crippen LogP contribution in [-0.2, 0) is 0 Å². The number of hydrogen-bond acceptors (Lipinski definition) is 3. The molecule has 2 aliphatic heterocycles. The Morgan fingerprint density at radius 3 is 3.07 bits per heavy atom. The number of hydrogen-bond donors (Lipinski definition) is 2. The van der Waals surface area contributed by atoms with E-state index in [1.807, 2.05) is 16.1 Å². The standard InChI is InChI=1S/C9H7NO2S2/c11-9(12)6-3-8-7(10-4-6)5-13-1-2-14-8/h1-5,10H,(H,11,12). The summed E-state index contributed by atoms with van der Waals surface area (Å²) in [6, 6.07) is 1.67. The number of carboxylic acids is 1.